The normalized spacial score (nSPS) is 12.1. The van der Waals surface area contributed by atoms with Gasteiger partial charge in [0.2, 0.25) is 0 Å². The molecule has 0 saturated carbocycles. The summed E-state index contributed by atoms with van der Waals surface area (Å²) in [6, 6.07) is 79.4. The van der Waals surface area contributed by atoms with Crippen molar-refractivity contribution in [2.24, 2.45) is 4.99 Å². The maximum absolute atomic E-state index is 13.0. The molecule has 0 saturated heterocycles. The van der Waals surface area contributed by atoms with Crippen LogP contribution in [0.1, 0.15) is 63.5 Å². The van der Waals surface area contributed by atoms with E-state index in [4.69, 9.17) is 20.2 Å². The van der Waals surface area contributed by atoms with Gasteiger partial charge in [0.05, 0.1) is 6.04 Å². The van der Waals surface area contributed by atoms with Crippen LogP contribution in [0.2, 0.25) is 0 Å². The van der Waals surface area contributed by atoms with E-state index in [1.807, 2.05) is 30.5 Å². The number of hydrogen-bond donors (Lipinski definition) is 2. The fourth-order valence-electron chi connectivity index (χ4n) is 11.7. The van der Waals surface area contributed by atoms with Gasteiger partial charge >= 0.3 is 17.1 Å². The molecule has 0 aromatic heterocycles. The molecule has 0 aliphatic heterocycles. The standard InChI is InChI=1S/C72H57N2O2.C2H4O2.Mn/c1-45-35-46(2)38-55(37-45)69(73-43-57-41-53-25-13-17-29-61(53)67(71(57)75)65-59-27-15-11-23-51(59)31-33-63(65)49-19-7-5-8-20-49)70(56-39-47(3)36-48(4)40-56)74-44-58-42-54-26-14-18-30-62(54)68(72(58)76)66-60-28-16-12-24-52(60)32-34-64(66)50-21-9-6-10-22-50;1-2(3)4;/h5-43,69-70,75-76H,44H2,1-4H3;1H3,(H,3,4);/q-1;;+2/p-1/t69-,70-;;/m0../s1. The van der Waals surface area contributed by atoms with E-state index in [0.29, 0.717) is 5.56 Å². The predicted molar refractivity (Wildman–Crippen MR) is 331 cm³/mol. The molecule has 6 nitrogen and oxygen atoms in total. The molecule has 0 aliphatic carbocycles. The Morgan fingerprint density at radius 1 is 0.469 bits per heavy atom. The Morgan fingerprint density at radius 3 is 1.32 bits per heavy atom. The second-order valence-electron chi connectivity index (χ2n) is 20.9. The van der Waals surface area contributed by atoms with Crippen LogP contribution in [0.25, 0.3) is 92.9 Å². The van der Waals surface area contributed by atoms with E-state index in [1.54, 1.807) is 0 Å². The van der Waals surface area contributed by atoms with Crippen LogP contribution in [0.5, 0.6) is 11.5 Å². The molecule has 12 aromatic rings. The quantitative estimate of drug-likeness (QED) is 0.0939. The Hall–Kier alpha value is -9.10. The summed E-state index contributed by atoms with van der Waals surface area (Å²) in [6.07, 6.45) is 1.86. The smallest absolute Gasteiger partial charge is 0.650 e. The van der Waals surface area contributed by atoms with Crippen molar-refractivity contribution < 1.29 is 37.2 Å². The van der Waals surface area contributed by atoms with E-state index in [-0.39, 0.29) is 35.1 Å². The molecular weight excluding hydrogens is 1040 g/mol. The van der Waals surface area contributed by atoms with Crippen LogP contribution in [0.15, 0.2) is 236 Å². The SMILES string of the molecule is CC(=O)[O-].Cc1cc(C)cc([C@H](N=Cc2cc3ccccc3c(-c3c(-c4ccccc4)ccc4ccccc34)c2O)[C@@H]([N-]Cc2cc3ccccc3c(-c3c(-c4ccccc4)ccc4ccccc34)c2O)c2cc(C)cc(C)c2)c1.[Mn+2]. The van der Waals surface area contributed by atoms with Crippen molar-refractivity contribution in [1.29, 1.82) is 0 Å². The molecule has 0 spiro atoms. The number of rotatable bonds is 12. The molecule has 7 heteroatoms. The first-order valence-electron chi connectivity index (χ1n) is 27.1. The Labute approximate surface area is 484 Å². The molecule has 0 amide bonds. The van der Waals surface area contributed by atoms with E-state index in [2.05, 4.69) is 234 Å². The van der Waals surface area contributed by atoms with Gasteiger partial charge in [-0.1, -0.05) is 252 Å². The number of fused-ring (bicyclic) bond motifs is 4. The molecule has 1 radical (unpaired) electrons. The average Bonchev–Trinajstić information content (AvgIpc) is 3.56. The summed E-state index contributed by atoms with van der Waals surface area (Å²) < 4.78 is 0. The minimum absolute atomic E-state index is 0. The van der Waals surface area contributed by atoms with E-state index in [9.17, 15) is 10.2 Å². The topological polar surface area (TPSA) is 107 Å². The molecule has 0 unspecified atom stereocenters. The fraction of sp³-hybridized carbons (Fsp3) is 0.108. The number of phenols is 2. The van der Waals surface area contributed by atoms with Crippen LogP contribution in [0.4, 0.5) is 0 Å². The molecule has 12 rings (SSSR count). The summed E-state index contributed by atoms with van der Waals surface area (Å²) in [5.74, 6) is -0.717. The van der Waals surface area contributed by atoms with Crippen LogP contribution in [0.3, 0.4) is 0 Å². The van der Waals surface area contributed by atoms with Gasteiger partial charge in [0.1, 0.15) is 11.5 Å². The third-order valence-corrected chi connectivity index (χ3v) is 15.0. The van der Waals surface area contributed by atoms with Gasteiger partial charge in [-0.15, -0.1) is 6.54 Å². The molecule has 81 heavy (non-hydrogen) atoms. The molecule has 12 aromatic carbocycles. The van der Waals surface area contributed by atoms with Gasteiger partial charge in [-0.3, -0.25) is 4.99 Å². The van der Waals surface area contributed by atoms with Gasteiger partial charge in [0.25, 0.3) is 0 Å². The Morgan fingerprint density at radius 2 is 0.852 bits per heavy atom. The molecule has 397 valence electrons. The first-order valence-corrected chi connectivity index (χ1v) is 27.1. The number of benzene rings is 12. The van der Waals surface area contributed by atoms with Gasteiger partial charge < -0.3 is 25.4 Å². The number of carboxylic acid groups (broad SMARTS) is 1. The van der Waals surface area contributed by atoms with Crippen LogP contribution >= 0.6 is 0 Å². The van der Waals surface area contributed by atoms with E-state index < -0.39 is 18.1 Å². The summed E-state index contributed by atoms with van der Waals surface area (Å²) in [7, 11) is 0. The number of carbonyl (C=O) groups is 1. The Balaban J connectivity index is 0.00000143. The minimum atomic E-state index is -1.08. The van der Waals surface area contributed by atoms with E-state index >= 15 is 0 Å². The van der Waals surface area contributed by atoms with Crippen LogP contribution in [0, 0.1) is 27.7 Å². The molecule has 0 heterocycles. The van der Waals surface area contributed by atoms with E-state index in [0.717, 1.165) is 133 Å². The zero-order valence-electron chi connectivity index (χ0n) is 45.9. The van der Waals surface area contributed by atoms with Crippen LogP contribution in [-0.4, -0.2) is 22.4 Å². The third kappa shape index (κ3) is 11.5. The number of carbonyl (C=O) groups excluding carboxylic acids is 1. The van der Waals surface area contributed by atoms with E-state index in [1.165, 1.54) is 0 Å². The first-order chi connectivity index (χ1) is 38.9. The molecule has 2 N–H and O–H groups in total. The van der Waals surface area contributed by atoms with Gasteiger partial charge in [0, 0.05) is 40.0 Å². The van der Waals surface area contributed by atoms with Crippen molar-refractivity contribution >= 4 is 55.3 Å². The molecule has 0 aliphatic rings. The monoisotopic (exact) mass is 1100 g/mol. The van der Waals surface area contributed by atoms with Crippen molar-refractivity contribution in [1.82, 2.24) is 0 Å². The summed E-state index contributed by atoms with van der Waals surface area (Å²) in [5, 5.41) is 48.8. The maximum atomic E-state index is 13.0. The zero-order chi connectivity index (χ0) is 55.4. The van der Waals surface area contributed by atoms with Gasteiger partial charge in [0.15, 0.2) is 0 Å². The number of aliphatic carboxylic acids is 1. The minimum Gasteiger partial charge on any atom is -0.650 e. The Kier molecular flexibility index (Phi) is 16.4. The molecule has 0 fully saturated rings. The van der Waals surface area contributed by atoms with Crippen LogP contribution < -0.4 is 5.11 Å². The molecule has 0 bridgehead atoms. The van der Waals surface area contributed by atoms with Crippen molar-refractivity contribution in [3.8, 4) is 56.0 Å². The van der Waals surface area contributed by atoms with Gasteiger partial charge in [-0.2, -0.15) is 0 Å². The number of aliphatic imine (C=N–C) groups is 1. The predicted octanol–water partition coefficient (Wildman–Crippen LogP) is 17.8. The first kappa shape index (κ1) is 55.2. The van der Waals surface area contributed by atoms with Crippen molar-refractivity contribution in [2.75, 3.05) is 0 Å². The third-order valence-electron chi connectivity index (χ3n) is 15.0. The number of nitrogens with zero attached hydrogens (tertiary/aromatic N) is 2. The molecular formula is C74H60MnN2O4. The zero-order valence-corrected chi connectivity index (χ0v) is 47.0. The maximum Gasteiger partial charge on any atom is 2.00 e. The number of aromatic hydroxyl groups is 2. The van der Waals surface area contributed by atoms with Gasteiger partial charge in [-0.25, -0.2) is 0 Å². The molecule has 2 atom stereocenters. The van der Waals surface area contributed by atoms with Crippen molar-refractivity contribution in [2.45, 2.75) is 53.2 Å². The number of aryl methyl sites for hydroxylation is 4. The summed E-state index contributed by atoms with van der Waals surface area (Å²) in [5.41, 5.74) is 15.6. The summed E-state index contributed by atoms with van der Waals surface area (Å²) >= 11 is 0. The average molecular weight is 1100 g/mol. The second-order valence-corrected chi connectivity index (χ2v) is 20.9. The van der Waals surface area contributed by atoms with Gasteiger partial charge in [-0.05, 0) is 123 Å². The second kappa shape index (κ2) is 24.1. The fourth-order valence-corrected chi connectivity index (χ4v) is 11.7. The van der Waals surface area contributed by atoms with Crippen LogP contribution in [-0.2, 0) is 28.4 Å². The number of hydrogen-bond acceptors (Lipinski definition) is 5. The number of phenolic OH excluding ortho intramolecular Hbond substituents is 2. The number of carboxylic acids is 1. The Bertz CT molecular complexity index is 4280. The van der Waals surface area contributed by atoms with Crippen molar-refractivity contribution in [3.63, 3.8) is 0 Å². The van der Waals surface area contributed by atoms with Crippen molar-refractivity contribution in [3.05, 3.63) is 280 Å². The largest absolute Gasteiger partial charge is 2.00 e. The summed E-state index contributed by atoms with van der Waals surface area (Å²) in [4.78, 5) is 14.5. The summed E-state index contributed by atoms with van der Waals surface area (Å²) in [6.45, 7) is 9.69.